The van der Waals surface area contributed by atoms with Crippen LogP contribution in [0.4, 0.5) is 0 Å². The number of aliphatic carboxylic acids is 1. The monoisotopic (exact) mass is 354 g/mol. The zero-order valence-electron chi connectivity index (χ0n) is 15.2. The van der Waals surface area contributed by atoms with Gasteiger partial charge in [0.2, 0.25) is 0 Å². The van der Waals surface area contributed by atoms with Crippen LogP contribution in [-0.4, -0.2) is 36.2 Å². The minimum Gasteiger partial charge on any atom is -0.481 e. The number of carboxylic acid groups (broad SMARTS) is 1. The maximum Gasteiger partial charge on any atom is 0.303 e. The van der Waals surface area contributed by atoms with Crippen molar-refractivity contribution in [3.63, 3.8) is 0 Å². The van der Waals surface area contributed by atoms with Gasteiger partial charge in [-0.25, -0.2) is 4.68 Å². The number of aliphatic hydroxyl groups excluding tert-OH is 1. The van der Waals surface area contributed by atoms with Gasteiger partial charge in [0, 0.05) is 24.2 Å². The molecule has 3 aromatic rings. The number of aliphatic hydroxyl groups is 1. The van der Waals surface area contributed by atoms with Gasteiger partial charge in [-0.1, -0.05) is 11.3 Å². The first-order valence-electron chi connectivity index (χ1n) is 8.61. The van der Waals surface area contributed by atoms with Gasteiger partial charge in [-0.05, 0) is 49.6 Å². The van der Waals surface area contributed by atoms with Crippen LogP contribution in [0.2, 0.25) is 0 Å². The summed E-state index contributed by atoms with van der Waals surface area (Å²) in [6, 6.07) is 5.96. The Hall–Kier alpha value is -2.80. The highest BCUT2D eigenvalue weighted by Gasteiger charge is 2.17. The zero-order chi connectivity index (χ0) is 18.8. The molecule has 0 atom stereocenters. The first-order chi connectivity index (χ1) is 12.5. The fourth-order valence-corrected chi connectivity index (χ4v) is 3.20. The molecule has 2 N–H and O–H groups in total. The number of pyridine rings is 1. The Morgan fingerprint density at radius 1 is 1.19 bits per heavy atom. The summed E-state index contributed by atoms with van der Waals surface area (Å²) in [4.78, 5) is 15.5. The van der Waals surface area contributed by atoms with E-state index in [2.05, 4.69) is 15.3 Å². The van der Waals surface area contributed by atoms with Crippen molar-refractivity contribution in [1.29, 1.82) is 0 Å². The molecule has 0 spiro atoms. The van der Waals surface area contributed by atoms with Crippen molar-refractivity contribution in [3.8, 4) is 11.1 Å². The molecule has 0 aliphatic carbocycles. The van der Waals surface area contributed by atoms with E-state index < -0.39 is 5.97 Å². The van der Waals surface area contributed by atoms with Gasteiger partial charge in [0.25, 0.3) is 0 Å². The molecule has 0 bridgehead atoms. The third-order valence-corrected chi connectivity index (χ3v) is 4.65. The minimum atomic E-state index is -0.873. The summed E-state index contributed by atoms with van der Waals surface area (Å²) in [6.07, 6.45) is 0.290. The van der Waals surface area contributed by atoms with Crippen LogP contribution in [0, 0.1) is 13.8 Å². The van der Waals surface area contributed by atoms with E-state index in [0.717, 1.165) is 39.8 Å². The van der Waals surface area contributed by atoms with Crippen LogP contribution >= 0.6 is 0 Å². The summed E-state index contributed by atoms with van der Waals surface area (Å²) < 4.78 is 1.84. The Balaban J connectivity index is 2.18. The van der Waals surface area contributed by atoms with Crippen molar-refractivity contribution in [2.75, 3.05) is 0 Å². The Bertz CT molecular complexity index is 979. The first-order valence-corrected chi connectivity index (χ1v) is 8.61. The fourth-order valence-electron chi connectivity index (χ4n) is 3.20. The highest BCUT2D eigenvalue weighted by molar-refractivity contribution is 5.87. The van der Waals surface area contributed by atoms with Gasteiger partial charge in [0.15, 0.2) is 0 Å². The maximum absolute atomic E-state index is 11.0. The molecule has 0 unspecified atom stereocenters. The number of hydrogen-bond acceptors (Lipinski definition) is 5. The molecule has 7 heteroatoms. The molecule has 3 rings (SSSR count). The topological polar surface area (TPSA) is 101 Å². The van der Waals surface area contributed by atoms with Crippen molar-refractivity contribution in [2.24, 2.45) is 0 Å². The molecule has 1 aromatic carbocycles. The van der Waals surface area contributed by atoms with Crippen molar-refractivity contribution in [1.82, 2.24) is 20.0 Å². The van der Waals surface area contributed by atoms with Gasteiger partial charge >= 0.3 is 5.97 Å². The van der Waals surface area contributed by atoms with E-state index in [9.17, 15) is 9.90 Å². The molecular formula is C19H22N4O3. The molecule has 0 amide bonds. The standard InChI is InChI=1S/C19H22N4O3/c1-4-23-17-7-5-13(12(3)19(17)21-22-23)14-9-11(2)16(10-24)20-15(14)6-8-18(25)26/h5,7,9,24H,4,6,8,10H2,1-3H3,(H,25,26). The van der Waals surface area contributed by atoms with Gasteiger partial charge in [0.1, 0.15) is 5.52 Å². The van der Waals surface area contributed by atoms with Gasteiger partial charge in [-0.3, -0.25) is 9.78 Å². The molecule has 0 saturated heterocycles. The summed E-state index contributed by atoms with van der Waals surface area (Å²) in [5.74, 6) is -0.873. The normalized spacial score (nSPS) is 11.2. The third-order valence-electron chi connectivity index (χ3n) is 4.65. The Morgan fingerprint density at radius 2 is 1.96 bits per heavy atom. The molecule has 136 valence electrons. The van der Waals surface area contributed by atoms with Crippen LogP contribution < -0.4 is 0 Å². The van der Waals surface area contributed by atoms with Crippen molar-refractivity contribution in [3.05, 3.63) is 40.7 Å². The van der Waals surface area contributed by atoms with Gasteiger partial charge in [-0.2, -0.15) is 0 Å². The van der Waals surface area contributed by atoms with E-state index in [-0.39, 0.29) is 13.0 Å². The van der Waals surface area contributed by atoms with Crippen molar-refractivity contribution >= 4 is 17.0 Å². The highest BCUT2D eigenvalue weighted by Crippen LogP contribution is 2.32. The van der Waals surface area contributed by atoms with E-state index in [1.165, 1.54) is 0 Å². The molecular weight excluding hydrogens is 332 g/mol. The van der Waals surface area contributed by atoms with E-state index in [1.54, 1.807) is 0 Å². The number of rotatable bonds is 6. The molecule has 0 radical (unpaired) electrons. The zero-order valence-corrected chi connectivity index (χ0v) is 15.2. The summed E-state index contributed by atoms with van der Waals surface area (Å²) >= 11 is 0. The lowest BCUT2D eigenvalue weighted by Gasteiger charge is -2.15. The third kappa shape index (κ3) is 3.17. The number of hydrogen-bond donors (Lipinski definition) is 2. The van der Waals surface area contributed by atoms with Crippen LogP contribution in [-0.2, 0) is 24.4 Å². The summed E-state index contributed by atoms with van der Waals surface area (Å²) in [6.45, 7) is 6.47. The second kappa shape index (κ2) is 7.21. The number of carbonyl (C=O) groups is 1. The molecule has 26 heavy (non-hydrogen) atoms. The summed E-state index contributed by atoms with van der Waals surface area (Å²) in [5, 5.41) is 27.0. The number of nitrogens with zero attached hydrogens (tertiary/aromatic N) is 4. The van der Waals surface area contributed by atoms with Crippen LogP contribution in [0.5, 0.6) is 0 Å². The van der Waals surface area contributed by atoms with Crippen LogP contribution in [0.15, 0.2) is 18.2 Å². The predicted molar refractivity (Wildman–Crippen MR) is 97.8 cm³/mol. The molecule has 2 heterocycles. The smallest absolute Gasteiger partial charge is 0.303 e. The number of benzene rings is 1. The lowest BCUT2D eigenvalue weighted by atomic mass is 9.94. The van der Waals surface area contributed by atoms with Crippen LogP contribution in [0.3, 0.4) is 0 Å². The molecule has 2 aromatic heterocycles. The van der Waals surface area contributed by atoms with Gasteiger partial charge < -0.3 is 10.2 Å². The van der Waals surface area contributed by atoms with Crippen molar-refractivity contribution < 1.29 is 15.0 Å². The molecule has 0 fully saturated rings. The number of carboxylic acids is 1. The Morgan fingerprint density at radius 3 is 2.62 bits per heavy atom. The van der Waals surface area contributed by atoms with Crippen molar-refractivity contribution in [2.45, 2.75) is 46.8 Å². The Labute approximate surface area is 151 Å². The minimum absolute atomic E-state index is 0.0127. The van der Waals surface area contributed by atoms with Crippen LogP contribution in [0.25, 0.3) is 22.2 Å². The summed E-state index contributed by atoms with van der Waals surface area (Å²) in [5.41, 5.74) is 6.75. The van der Waals surface area contributed by atoms with Gasteiger partial charge in [0.05, 0.1) is 24.2 Å². The van der Waals surface area contributed by atoms with E-state index in [4.69, 9.17) is 5.11 Å². The number of aromatic nitrogens is 4. The Kier molecular flexibility index (Phi) is 4.99. The fraction of sp³-hybridized carbons (Fsp3) is 0.368. The highest BCUT2D eigenvalue weighted by atomic mass is 16.4. The van der Waals surface area contributed by atoms with Gasteiger partial charge in [-0.15, -0.1) is 5.10 Å². The number of aryl methyl sites for hydroxylation is 4. The second-order valence-corrected chi connectivity index (χ2v) is 6.31. The maximum atomic E-state index is 11.0. The van der Waals surface area contributed by atoms with E-state index in [0.29, 0.717) is 17.8 Å². The first kappa shape index (κ1) is 18.0. The second-order valence-electron chi connectivity index (χ2n) is 6.31. The van der Waals surface area contributed by atoms with Crippen LogP contribution in [0.1, 0.15) is 35.9 Å². The predicted octanol–water partition coefficient (Wildman–Crippen LogP) is 2.64. The molecule has 0 aliphatic rings. The number of fused-ring (bicyclic) bond motifs is 1. The quantitative estimate of drug-likeness (QED) is 0.706. The average Bonchev–Trinajstić information content (AvgIpc) is 3.04. The molecule has 0 saturated carbocycles. The lowest BCUT2D eigenvalue weighted by molar-refractivity contribution is -0.136. The molecule has 7 nitrogen and oxygen atoms in total. The largest absolute Gasteiger partial charge is 0.481 e. The SMILES string of the molecule is CCn1nnc2c(C)c(-c3cc(C)c(CO)nc3CCC(=O)O)ccc21. The molecule has 0 aliphatic heterocycles. The average molecular weight is 354 g/mol. The summed E-state index contributed by atoms with van der Waals surface area (Å²) in [7, 11) is 0. The lowest BCUT2D eigenvalue weighted by Crippen LogP contribution is -2.06. The van der Waals surface area contributed by atoms with E-state index >= 15 is 0 Å². The van der Waals surface area contributed by atoms with E-state index in [1.807, 2.05) is 43.7 Å².